The van der Waals surface area contributed by atoms with Gasteiger partial charge in [0.05, 0.1) is 12.2 Å². The molecule has 0 aromatic carbocycles. The third-order valence-electron chi connectivity index (χ3n) is 1.79. The number of esters is 1. The van der Waals surface area contributed by atoms with Gasteiger partial charge in [0.1, 0.15) is 6.10 Å². The normalized spacial score (nSPS) is 17.2. The molecule has 2 atom stereocenters. The molecule has 14 heavy (non-hydrogen) atoms. The summed E-state index contributed by atoms with van der Waals surface area (Å²) in [4.78, 5) is 11.0. The summed E-state index contributed by atoms with van der Waals surface area (Å²) >= 11 is 0. The van der Waals surface area contributed by atoms with Crippen molar-refractivity contribution in [1.82, 2.24) is 0 Å². The maximum absolute atomic E-state index is 11.0. The minimum absolute atomic E-state index is 0.295. The Morgan fingerprint density at radius 1 is 1.21 bits per heavy atom. The summed E-state index contributed by atoms with van der Waals surface area (Å²) in [6.07, 6.45) is -0.377. The van der Waals surface area contributed by atoms with Gasteiger partial charge >= 0.3 is 5.97 Å². The topological polar surface area (TPSA) is 66.8 Å². The van der Waals surface area contributed by atoms with Crippen molar-refractivity contribution in [3.63, 3.8) is 0 Å². The Hall–Kier alpha value is -0.610. The van der Waals surface area contributed by atoms with Gasteiger partial charge in [-0.15, -0.1) is 0 Å². The molecule has 0 spiro atoms. The van der Waals surface area contributed by atoms with Crippen LogP contribution in [0.1, 0.15) is 40.0 Å². The largest absolute Gasteiger partial charge is 0.462 e. The van der Waals surface area contributed by atoms with E-state index in [1.165, 1.54) is 0 Å². The van der Waals surface area contributed by atoms with Crippen molar-refractivity contribution in [2.45, 2.75) is 58.3 Å². The number of hydrogen-bond donors (Lipinski definition) is 2. The molecule has 0 saturated heterocycles. The molecule has 0 heterocycles. The zero-order valence-corrected chi connectivity index (χ0v) is 9.06. The zero-order chi connectivity index (χ0) is 11.1. The fourth-order valence-corrected chi connectivity index (χ4v) is 1.22. The molecule has 0 fully saturated rings. The molecule has 2 N–H and O–H groups in total. The lowest BCUT2D eigenvalue weighted by Gasteiger charge is -2.20. The highest BCUT2D eigenvalue weighted by atomic mass is 16.5. The number of aliphatic hydroxyl groups excluding tert-OH is 2. The highest BCUT2D eigenvalue weighted by Crippen LogP contribution is 2.11. The Balaban J connectivity index is 4.03. The Kier molecular flexibility index (Phi) is 6.49. The van der Waals surface area contributed by atoms with Crippen LogP contribution in [-0.2, 0) is 9.53 Å². The molecule has 0 bridgehead atoms. The van der Waals surface area contributed by atoms with Gasteiger partial charge in [0, 0.05) is 19.3 Å². The molecular weight excluding hydrogens is 184 g/mol. The van der Waals surface area contributed by atoms with Crippen molar-refractivity contribution in [3.05, 3.63) is 0 Å². The van der Waals surface area contributed by atoms with Crippen molar-refractivity contribution >= 4 is 5.97 Å². The van der Waals surface area contributed by atoms with E-state index in [4.69, 9.17) is 14.9 Å². The summed E-state index contributed by atoms with van der Waals surface area (Å²) in [6.45, 7) is 4.98. The average Bonchev–Trinajstić information content (AvgIpc) is 2.01. The van der Waals surface area contributed by atoms with Gasteiger partial charge in [-0.3, -0.25) is 4.79 Å². The summed E-state index contributed by atoms with van der Waals surface area (Å²) in [7, 11) is 0. The van der Waals surface area contributed by atoms with Crippen molar-refractivity contribution < 1.29 is 19.7 Å². The van der Waals surface area contributed by atoms with Crippen LogP contribution in [0.4, 0.5) is 0 Å². The van der Waals surface area contributed by atoms with Crippen molar-refractivity contribution in [3.8, 4) is 0 Å². The number of carbonyl (C=O) groups excluding carboxylic acids is 1. The molecule has 0 aromatic rings. The van der Waals surface area contributed by atoms with E-state index in [0.29, 0.717) is 19.3 Å². The van der Waals surface area contributed by atoms with E-state index in [-0.39, 0.29) is 12.1 Å². The number of rotatable bonds is 6. The number of aliphatic hydroxyl groups is 2. The van der Waals surface area contributed by atoms with Crippen LogP contribution < -0.4 is 0 Å². The molecule has 2 unspecified atom stereocenters. The smallest absolute Gasteiger partial charge is 0.305 e. The first kappa shape index (κ1) is 13.4. The fraction of sp³-hybridized carbons (Fsp3) is 0.900. The van der Waals surface area contributed by atoms with Crippen molar-refractivity contribution in [2.24, 2.45) is 0 Å². The van der Waals surface area contributed by atoms with Gasteiger partial charge in [-0.1, -0.05) is 6.92 Å². The van der Waals surface area contributed by atoms with E-state index in [1.807, 2.05) is 0 Å². The third kappa shape index (κ3) is 6.86. The average molecular weight is 204 g/mol. The molecule has 0 saturated carbocycles. The highest BCUT2D eigenvalue weighted by molar-refractivity contribution is 5.69. The van der Waals surface area contributed by atoms with Gasteiger partial charge < -0.3 is 14.9 Å². The lowest BCUT2D eigenvalue weighted by atomic mass is 10.1. The lowest BCUT2D eigenvalue weighted by Crippen LogP contribution is -2.25. The van der Waals surface area contributed by atoms with E-state index in [9.17, 15) is 4.79 Å². The Bertz CT molecular complexity index is 156. The molecule has 84 valence electrons. The van der Waals surface area contributed by atoms with Crippen molar-refractivity contribution in [1.29, 1.82) is 0 Å². The molecule has 0 radical (unpaired) electrons. The first-order valence-electron chi connectivity index (χ1n) is 5.01. The van der Waals surface area contributed by atoms with Gasteiger partial charge in [0.2, 0.25) is 0 Å². The molecule has 0 rings (SSSR count). The summed E-state index contributed by atoms with van der Waals surface area (Å²) in [5.41, 5.74) is 0. The molecule has 0 aliphatic carbocycles. The molecular formula is C10H20O4. The van der Waals surface area contributed by atoms with Crippen LogP contribution in [0, 0.1) is 0 Å². The van der Waals surface area contributed by atoms with Crippen LogP contribution in [0.5, 0.6) is 0 Å². The van der Waals surface area contributed by atoms with E-state index in [2.05, 4.69) is 0 Å². The summed E-state index contributed by atoms with van der Waals surface area (Å²) < 4.78 is 5.06. The molecule has 0 amide bonds. The molecule has 4 nitrogen and oxygen atoms in total. The van der Waals surface area contributed by atoms with Gasteiger partial charge in [-0.25, -0.2) is 0 Å². The van der Waals surface area contributed by atoms with E-state index in [0.717, 1.165) is 0 Å². The first-order valence-corrected chi connectivity index (χ1v) is 5.01. The standard InChI is InChI=1S/C10H20O4/c1-4-10(13)14-9(5-7(2)11)6-8(3)12/h7-9,11-12H,4-6H2,1-3H3. The fourth-order valence-electron chi connectivity index (χ4n) is 1.22. The van der Waals surface area contributed by atoms with Crippen LogP contribution in [0.2, 0.25) is 0 Å². The lowest BCUT2D eigenvalue weighted by molar-refractivity contribution is -0.151. The minimum atomic E-state index is -0.525. The quantitative estimate of drug-likeness (QED) is 0.629. The maximum atomic E-state index is 11.0. The zero-order valence-electron chi connectivity index (χ0n) is 9.06. The van der Waals surface area contributed by atoms with E-state index >= 15 is 0 Å². The Morgan fingerprint density at radius 2 is 1.64 bits per heavy atom. The highest BCUT2D eigenvalue weighted by Gasteiger charge is 2.17. The van der Waals surface area contributed by atoms with Crippen LogP contribution in [0.3, 0.4) is 0 Å². The summed E-state index contributed by atoms with van der Waals surface area (Å²) in [5.74, 6) is -0.295. The summed E-state index contributed by atoms with van der Waals surface area (Å²) in [5, 5.41) is 18.3. The number of carbonyl (C=O) groups is 1. The third-order valence-corrected chi connectivity index (χ3v) is 1.79. The predicted molar refractivity (Wildman–Crippen MR) is 52.8 cm³/mol. The molecule has 4 heteroatoms. The number of ether oxygens (including phenoxy) is 1. The molecule has 0 aliphatic rings. The Morgan fingerprint density at radius 3 is 1.93 bits per heavy atom. The minimum Gasteiger partial charge on any atom is -0.462 e. The molecule has 0 aromatic heterocycles. The van der Waals surface area contributed by atoms with Gasteiger partial charge in [-0.05, 0) is 13.8 Å². The maximum Gasteiger partial charge on any atom is 0.305 e. The van der Waals surface area contributed by atoms with Gasteiger partial charge in [-0.2, -0.15) is 0 Å². The monoisotopic (exact) mass is 204 g/mol. The molecule has 0 aliphatic heterocycles. The van der Waals surface area contributed by atoms with Crippen molar-refractivity contribution in [2.75, 3.05) is 0 Å². The first-order chi connectivity index (χ1) is 6.45. The van der Waals surface area contributed by atoms with Gasteiger partial charge in [0.25, 0.3) is 0 Å². The number of hydrogen-bond acceptors (Lipinski definition) is 4. The van der Waals surface area contributed by atoms with E-state index in [1.54, 1.807) is 20.8 Å². The summed E-state index contributed by atoms with van der Waals surface area (Å²) in [6, 6.07) is 0. The Labute approximate surface area is 84.9 Å². The van der Waals surface area contributed by atoms with Crippen LogP contribution in [0.25, 0.3) is 0 Å². The second kappa shape index (κ2) is 6.79. The predicted octanol–water partition coefficient (Wildman–Crippen LogP) is 0.850. The van der Waals surface area contributed by atoms with Gasteiger partial charge in [0.15, 0.2) is 0 Å². The van der Waals surface area contributed by atoms with E-state index < -0.39 is 12.2 Å². The second-order valence-corrected chi connectivity index (χ2v) is 3.63. The van der Waals surface area contributed by atoms with Crippen LogP contribution in [-0.4, -0.2) is 34.5 Å². The van der Waals surface area contributed by atoms with Crippen LogP contribution in [0.15, 0.2) is 0 Å². The SMILES string of the molecule is CCC(=O)OC(CC(C)O)CC(C)O. The second-order valence-electron chi connectivity index (χ2n) is 3.63. The van der Waals surface area contributed by atoms with Crippen LogP contribution >= 0.6 is 0 Å².